The lowest BCUT2D eigenvalue weighted by Crippen LogP contribution is -2.15. The number of carbonyl (C=O) groups excluding carboxylic acids is 1. The number of carbonyl (C=O) groups is 1. The van der Waals surface area contributed by atoms with E-state index < -0.39 is 10.0 Å². The Bertz CT molecular complexity index is 1080. The molecule has 0 atom stereocenters. The number of aryl methyl sites for hydroxylation is 1. The van der Waals surface area contributed by atoms with E-state index >= 15 is 0 Å². The second-order valence-electron chi connectivity index (χ2n) is 5.76. The van der Waals surface area contributed by atoms with Crippen molar-refractivity contribution in [3.63, 3.8) is 0 Å². The van der Waals surface area contributed by atoms with Gasteiger partial charge in [0.25, 0.3) is 15.9 Å². The van der Waals surface area contributed by atoms with Crippen molar-refractivity contribution >= 4 is 38.9 Å². The number of sulfonamides is 1. The van der Waals surface area contributed by atoms with Crippen LogP contribution in [0, 0.1) is 6.92 Å². The number of hydrogen-bond acceptors (Lipinski definition) is 4. The predicted octanol–water partition coefficient (Wildman–Crippen LogP) is 4.10. The average Bonchev–Trinajstić information content (AvgIpc) is 2.62. The van der Waals surface area contributed by atoms with Crippen LogP contribution in [0.1, 0.15) is 16.2 Å². The molecule has 2 N–H and O–H groups in total. The van der Waals surface area contributed by atoms with E-state index in [1.165, 1.54) is 30.3 Å². The summed E-state index contributed by atoms with van der Waals surface area (Å²) in [5.41, 5.74) is 1.77. The molecule has 0 aliphatic heterocycles. The van der Waals surface area contributed by atoms with E-state index in [1.807, 2.05) is 0 Å². The van der Waals surface area contributed by atoms with Crippen LogP contribution < -0.4 is 10.0 Å². The van der Waals surface area contributed by atoms with Crippen LogP contribution in [-0.2, 0) is 10.0 Å². The van der Waals surface area contributed by atoms with Crippen molar-refractivity contribution in [1.82, 2.24) is 4.98 Å². The van der Waals surface area contributed by atoms with Crippen molar-refractivity contribution < 1.29 is 13.2 Å². The average molecular weight is 402 g/mol. The molecule has 1 amide bonds. The van der Waals surface area contributed by atoms with Gasteiger partial charge in [-0.3, -0.25) is 9.52 Å². The maximum absolute atomic E-state index is 12.5. The van der Waals surface area contributed by atoms with Gasteiger partial charge in [-0.25, -0.2) is 13.4 Å². The van der Waals surface area contributed by atoms with E-state index in [2.05, 4.69) is 15.0 Å². The van der Waals surface area contributed by atoms with Crippen LogP contribution >= 0.6 is 11.6 Å². The number of pyridine rings is 1. The molecule has 0 unspecified atom stereocenters. The molecular weight excluding hydrogens is 386 g/mol. The van der Waals surface area contributed by atoms with Gasteiger partial charge in [0.15, 0.2) is 0 Å². The highest BCUT2D eigenvalue weighted by Gasteiger charge is 2.15. The molecule has 27 heavy (non-hydrogen) atoms. The predicted molar refractivity (Wildman–Crippen MR) is 106 cm³/mol. The zero-order chi connectivity index (χ0) is 19.4. The number of benzene rings is 2. The van der Waals surface area contributed by atoms with Gasteiger partial charge in [-0.05, 0) is 61.5 Å². The fourth-order valence-corrected chi connectivity index (χ4v) is 3.53. The largest absolute Gasteiger partial charge is 0.321 e. The monoisotopic (exact) mass is 401 g/mol. The zero-order valence-electron chi connectivity index (χ0n) is 14.3. The van der Waals surface area contributed by atoms with Crippen LogP contribution in [0.3, 0.4) is 0 Å². The molecular formula is C19H16ClN3O3S. The summed E-state index contributed by atoms with van der Waals surface area (Å²) in [6.45, 7) is 1.79. The molecule has 1 aromatic heterocycles. The van der Waals surface area contributed by atoms with E-state index in [1.54, 1.807) is 43.3 Å². The van der Waals surface area contributed by atoms with Gasteiger partial charge in [0.05, 0.1) is 10.6 Å². The number of halogens is 1. The van der Waals surface area contributed by atoms with Crippen molar-refractivity contribution in [2.24, 2.45) is 0 Å². The SMILES string of the molecule is Cc1cccc(C(=O)Nc2cccc(NS(=O)(=O)c3ccc(Cl)cc3)c2)n1. The molecule has 138 valence electrons. The number of anilines is 2. The standard InChI is InChI=1S/C19H16ClN3O3S/c1-13-4-2-7-18(21-13)19(24)22-15-5-3-6-16(12-15)23-27(25,26)17-10-8-14(20)9-11-17/h2-12,23H,1H3,(H,22,24). The lowest BCUT2D eigenvalue weighted by molar-refractivity contribution is 0.102. The summed E-state index contributed by atoms with van der Waals surface area (Å²) in [5, 5.41) is 3.15. The first kappa shape index (κ1) is 18.9. The van der Waals surface area contributed by atoms with Gasteiger partial charge in [-0.1, -0.05) is 23.7 Å². The molecule has 0 aliphatic rings. The third-order valence-electron chi connectivity index (χ3n) is 3.62. The number of nitrogens with one attached hydrogen (secondary N) is 2. The molecule has 3 aromatic rings. The Labute approximate surface area is 162 Å². The molecule has 1 heterocycles. The third kappa shape index (κ3) is 4.84. The summed E-state index contributed by atoms with van der Waals surface area (Å²) in [4.78, 5) is 16.5. The van der Waals surface area contributed by atoms with Gasteiger partial charge < -0.3 is 5.32 Å². The molecule has 0 radical (unpaired) electrons. The summed E-state index contributed by atoms with van der Waals surface area (Å²) >= 11 is 5.79. The normalized spacial score (nSPS) is 11.0. The van der Waals surface area contributed by atoms with Crippen LogP contribution in [0.4, 0.5) is 11.4 Å². The van der Waals surface area contributed by atoms with Gasteiger partial charge >= 0.3 is 0 Å². The van der Waals surface area contributed by atoms with Crippen LogP contribution in [0.2, 0.25) is 5.02 Å². The fraction of sp³-hybridized carbons (Fsp3) is 0.0526. The second-order valence-corrected chi connectivity index (χ2v) is 7.88. The Balaban J connectivity index is 1.77. The van der Waals surface area contributed by atoms with Crippen molar-refractivity contribution in [1.29, 1.82) is 0 Å². The molecule has 0 aliphatic carbocycles. The summed E-state index contributed by atoms with van der Waals surface area (Å²) in [6.07, 6.45) is 0. The Hall–Kier alpha value is -2.90. The number of nitrogens with zero attached hydrogens (tertiary/aromatic N) is 1. The van der Waals surface area contributed by atoms with Gasteiger partial charge in [-0.15, -0.1) is 0 Å². The molecule has 0 saturated heterocycles. The minimum Gasteiger partial charge on any atom is -0.321 e. The first-order valence-corrected chi connectivity index (χ1v) is 9.83. The van der Waals surface area contributed by atoms with E-state index in [9.17, 15) is 13.2 Å². The number of hydrogen-bond donors (Lipinski definition) is 2. The molecule has 0 bridgehead atoms. The minimum absolute atomic E-state index is 0.0882. The topological polar surface area (TPSA) is 88.2 Å². The lowest BCUT2D eigenvalue weighted by atomic mass is 10.2. The first-order valence-electron chi connectivity index (χ1n) is 7.97. The van der Waals surface area contributed by atoms with E-state index in [0.29, 0.717) is 16.4 Å². The Morgan fingerprint density at radius 2 is 1.63 bits per heavy atom. The zero-order valence-corrected chi connectivity index (χ0v) is 15.9. The molecule has 8 heteroatoms. The highest BCUT2D eigenvalue weighted by atomic mass is 35.5. The van der Waals surface area contributed by atoms with Gasteiger partial charge in [-0.2, -0.15) is 0 Å². The van der Waals surface area contributed by atoms with Crippen molar-refractivity contribution in [3.8, 4) is 0 Å². The van der Waals surface area contributed by atoms with Gasteiger partial charge in [0.2, 0.25) is 0 Å². The maximum Gasteiger partial charge on any atom is 0.274 e. The van der Waals surface area contributed by atoms with Gasteiger partial charge in [0.1, 0.15) is 5.69 Å². The number of amides is 1. The number of rotatable bonds is 5. The van der Waals surface area contributed by atoms with E-state index in [-0.39, 0.29) is 16.5 Å². The smallest absolute Gasteiger partial charge is 0.274 e. The van der Waals surface area contributed by atoms with Crippen molar-refractivity contribution in [2.45, 2.75) is 11.8 Å². The van der Waals surface area contributed by atoms with Crippen LogP contribution in [0.25, 0.3) is 0 Å². The Morgan fingerprint density at radius 3 is 2.33 bits per heavy atom. The van der Waals surface area contributed by atoms with E-state index in [4.69, 9.17) is 11.6 Å². The highest BCUT2D eigenvalue weighted by Crippen LogP contribution is 2.21. The quantitative estimate of drug-likeness (QED) is 0.673. The first-order chi connectivity index (χ1) is 12.8. The molecule has 0 fully saturated rings. The third-order valence-corrected chi connectivity index (χ3v) is 5.27. The molecule has 2 aromatic carbocycles. The molecule has 6 nitrogen and oxygen atoms in total. The van der Waals surface area contributed by atoms with Gasteiger partial charge in [0, 0.05) is 16.4 Å². The summed E-state index contributed by atoms with van der Waals surface area (Å²) in [5.74, 6) is -0.378. The molecule has 0 spiro atoms. The molecule has 3 rings (SSSR count). The van der Waals surface area contributed by atoms with Crippen molar-refractivity contribution in [3.05, 3.63) is 83.1 Å². The minimum atomic E-state index is -3.77. The van der Waals surface area contributed by atoms with Crippen molar-refractivity contribution in [2.75, 3.05) is 10.0 Å². The second kappa shape index (κ2) is 7.77. The van der Waals surface area contributed by atoms with Crippen LogP contribution in [-0.4, -0.2) is 19.3 Å². The lowest BCUT2D eigenvalue weighted by Gasteiger charge is -2.10. The Kier molecular flexibility index (Phi) is 5.43. The number of aromatic nitrogens is 1. The maximum atomic E-state index is 12.5. The highest BCUT2D eigenvalue weighted by molar-refractivity contribution is 7.92. The van der Waals surface area contributed by atoms with Crippen LogP contribution in [0.15, 0.2) is 71.6 Å². The molecule has 0 saturated carbocycles. The fourth-order valence-electron chi connectivity index (χ4n) is 2.35. The Morgan fingerprint density at radius 1 is 0.963 bits per heavy atom. The summed E-state index contributed by atoms with van der Waals surface area (Å²) in [7, 11) is -3.77. The van der Waals surface area contributed by atoms with Crippen LogP contribution in [0.5, 0.6) is 0 Å². The van der Waals surface area contributed by atoms with E-state index in [0.717, 1.165) is 5.69 Å². The summed E-state index contributed by atoms with van der Waals surface area (Å²) < 4.78 is 27.4. The summed E-state index contributed by atoms with van der Waals surface area (Å²) in [6, 6.07) is 17.4.